The molecule has 0 aromatic carbocycles. The molecule has 2 atom stereocenters. The number of ether oxygens (including phenoxy) is 1. The van der Waals surface area contributed by atoms with Crippen molar-refractivity contribution in [2.45, 2.75) is 31.9 Å². The maximum Gasteiger partial charge on any atom is 0.0724 e. The molecule has 0 saturated heterocycles. The number of nitrogens with one attached hydrogen (secondary N) is 1. The van der Waals surface area contributed by atoms with E-state index in [0.29, 0.717) is 12.1 Å². The monoisotopic (exact) mass is 157 g/mol. The van der Waals surface area contributed by atoms with Gasteiger partial charge in [-0.15, -0.1) is 6.58 Å². The molecule has 0 rings (SSSR count). The van der Waals surface area contributed by atoms with Crippen LogP contribution in [0.3, 0.4) is 0 Å². The highest BCUT2D eigenvalue weighted by molar-refractivity contribution is 4.82. The third-order valence-electron chi connectivity index (χ3n) is 1.95. The highest BCUT2D eigenvalue weighted by Gasteiger charge is 2.15. The van der Waals surface area contributed by atoms with Crippen LogP contribution in [0, 0.1) is 0 Å². The van der Waals surface area contributed by atoms with Crippen LogP contribution in [0.4, 0.5) is 0 Å². The minimum Gasteiger partial charge on any atom is -0.380 e. The minimum absolute atomic E-state index is 0.304. The molecule has 0 radical (unpaired) electrons. The van der Waals surface area contributed by atoms with Crippen LogP contribution < -0.4 is 5.32 Å². The lowest BCUT2D eigenvalue weighted by Crippen LogP contribution is -2.37. The van der Waals surface area contributed by atoms with Crippen LogP contribution in [-0.2, 0) is 4.74 Å². The lowest BCUT2D eigenvalue weighted by molar-refractivity contribution is 0.0686. The average Bonchev–Trinajstić information content (AvgIpc) is 2.05. The molecule has 66 valence electrons. The molecule has 2 nitrogen and oxygen atoms in total. The molecule has 0 amide bonds. The normalized spacial score (nSPS) is 15.9. The van der Waals surface area contributed by atoms with Gasteiger partial charge in [-0.2, -0.15) is 0 Å². The van der Waals surface area contributed by atoms with Crippen LogP contribution in [0.5, 0.6) is 0 Å². The molecule has 0 spiro atoms. The molecule has 0 saturated carbocycles. The lowest BCUT2D eigenvalue weighted by Gasteiger charge is -2.23. The van der Waals surface area contributed by atoms with Crippen molar-refractivity contribution in [3.05, 3.63) is 12.7 Å². The SMILES string of the molecule is C=CCC(NC)C(CC)OC. The van der Waals surface area contributed by atoms with Crippen molar-refractivity contribution in [3.8, 4) is 0 Å². The zero-order valence-electron chi connectivity index (χ0n) is 7.76. The summed E-state index contributed by atoms with van der Waals surface area (Å²) in [5.74, 6) is 0. The van der Waals surface area contributed by atoms with E-state index in [4.69, 9.17) is 4.74 Å². The topological polar surface area (TPSA) is 21.3 Å². The third kappa shape index (κ3) is 3.54. The number of methoxy groups -OCH3 is 1. The van der Waals surface area contributed by atoms with Gasteiger partial charge in [0.1, 0.15) is 0 Å². The van der Waals surface area contributed by atoms with Gasteiger partial charge in [0.25, 0.3) is 0 Å². The molecule has 0 heterocycles. The van der Waals surface area contributed by atoms with Crippen molar-refractivity contribution in [2.24, 2.45) is 0 Å². The smallest absolute Gasteiger partial charge is 0.0724 e. The summed E-state index contributed by atoms with van der Waals surface area (Å²) in [6, 6.07) is 0.405. The van der Waals surface area contributed by atoms with Gasteiger partial charge < -0.3 is 10.1 Å². The van der Waals surface area contributed by atoms with E-state index < -0.39 is 0 Å². The summed E-state index contributed by atoms with van der Waals surface area (Å²) in [6.07, 6.45) is 4.22. The van der Waals surface area contributed by atoms with Crippen molar-refractivity contribution in [2.75, 3.05) is 14.2 Å². The van der Waals surface area contributed by atoms with Crippen LogP contribution in [0.1, 0.15) is 19.8 Å². The summed E-state index contributed by atoms with van der Waals surface area (Å²) >= 11 is 0. The van der Waals surface area contributed by atoms with Crippen molar-refractivity contribution in [1.29, 1.82) is 0 Å². The molecule has 0 aliphatic rings. The summed E-state index contributed by atoms with van der Waals surface area (Å²) in [5, 5.41) is 3.21. The second-order valence-electron chi connectivity index (χ2n) is 2.60. The second-order valence-corrected chi connectivity index (χ2v) is 2.60. The van der Waals surface area contributed by atoms with Crippen LogP contribution in [0.15, 0.2) is 12.7 Å². The van der Waals surface area contributed by atoms with E-state index in [1.807, 2.05) is 13.1 Å². The Morgan fingerprint density at radius 1 is 1.64 bits per heavy atom. The van der Waals surface area contributed by atoms with E-state index in [1.165, 1.54) is 0 Å². The molecule has 0 aliphatic carbocycles. The maximum atomic E-state index is 5.29. The Hall–Kier alpha value is -0.340. The van der Waals surface area contributed by atoms with Crippen molar-refractivity contribution >= 4 is 0 Å². The summed E-state index contributed by atoms with van der Waals surface area (Å²) in [5.41, 5.74) is 0. The number of hydrogen-bond acceptors (Lipinski definition) is 2. The van der Waals surface area contributed by atoms with Gasteiger partial charge in [0.2, 0.25) is 0 Å². The standard InChI is InChI=1S/C9H19NO/c1-5-7-8(10-3)9(6-2)11-4/h5,8-10H,1,6-7H2,2-4H3. The Morgan fingerprint density at radius 2 is 2.27 bits per heavy atom. The van der Waals surface area contributed by atoms with Crippen molar-refractivity contribution < 1.29 is 4.74 Å². The highest BCUT2D eigenvalue weighted by Crippen LogP contribution is 2.06. The van der Waals surface area contributed by atoms with Gasteiger partial charge in [-0.05, 0) is 19.9 Å². The summed E-state index contributed by atoms with van der Waals surface area (Å²) < 4.78 is 5.29. The fourth-order valence-corrected chi connectivity index (χ4v) is 1.25. The van der Waals surface area contributed by atoms with Gasteiger partial charge in [-0.3, -0.25) is 0 Å². The predicted molar refractivity (Wildman–Crippen MR) is 48.7 cm³/mol. The van der Waals surface area contributed by atoms with E-state index in [2.05, 4.69) is 18.8 Å². The van der Waals surface area contributed by atoms with Crippen molar-refractivity contribution in [3.63, 3.8) is 0 Å². The van der Waals surface area contributed by atoms with Gasteiger partial charge in [0.15, 0.2) is 0 Å². The first kappa shape index (κ1) is 10.7. The average molecular weight is 157 g/mol. The lowest BCUT2D eigenvalue weighted by atomic mass is 10.1. The van der Waals surface area contributed by atoms with E-state index in [-0.39, 0.29) is 0 Å². The summed E-state index contributed by atoms with van der Waals surface area (Å²) in [6.45, 7) is 5.83. The Bertz CT molecular complexity index is 99.7. The zero-order valence-corrected chi connectivity index (χ0v) is 7.76. The number of likely N-dealkylation sites (N-methyl/N-ethyl adjacent to an activating group) is 1. The van der Waals surface area contributed by atoms with E-state index >= 15 is 0 Å². The number of hydrogen-bond donors (Lipinski definition) is 1. The third-order valence-corrected chi connectivity index (χ3v) is 1.95. The summed E-state index contributed by atoms with van der Waals surface area (Å²) in [7, 11) is 3.71. The molecule has 2 heteroatoms. The Balaban J connectivity index is 3.85. The van der Waals surface area contributed by atoms with E-state index in [9.17, 15) is 0 Å². The maximum absolute atomic E-state index is 5.29. The van der Waals surface area contributed by atoms with Gasteiger partial charge in [0, 0.05) is 13.2 Å². The predicted octanol–water partition coefficient (Wildman–Crippen LogP) is 1.58. The van der Waals surface area contributed by atoms with Gasteiger partial charge >= 0.3 is 0 Å². The summed E-state index contributed by atoms with van der Waals surface area (Å²) in [4.78, 5) is 0. The van der Waals surface area contributed by atoms with Gasteiger partial charge in [0.05, 0.1) is 6.10 Å². The highest BCUT2D eigenvalue weighted by atomic mass is 16.5. The Kier molecular flexibility index (Phi) is 6.18. The molecule has 11 heavy (non-hydrogen) atoms. The van der Waals surface area contributed by atoms with E-state index in [1.54, 1.807) is 7.11 Å². The molecule has 0 aromatic heterocycles. The molecule has 0 aliphatic heterocycles. The van der Waals surface area contributed by atoms with Crippen LogP contribution >= 0.6 is 0 Å². The molecule has 0 fully saturated rings. The van der Waals surface area contributed by atoms with Gasteiger partial charge in [-0.1, -0.05) is 13.0 Å². The molecule has 0 bridgehead atoms. The molecule has 2 unspecified atom stereocenters. The van der Waals surface area contributed by atoms with Crippen LogP contribution in [-0.4, -0.2) is 26.3 Å². The molecular weight excluding hydrogens is 138 g/mol. The fraction of sp³-hybridized carbons (Fsp3) is 0.778. The Morgan fingerprint density at radius 3 is 2.55 bits per heavy atom. The first-order valence-electron chi connectivity index (χ1n) is 4.11. The largest absolute Gasteiger partial charge is 0.380 e. The zero-order chi connectivity index (χ0) is 8.69. The van der Waals surface area contributed by atoms with Gasteiger partial charge in [-0.25, -0.2) is 0 Å². The first-order valence-corrected chi connectivity index (χ1v) is 4.11. The number of rotatable bonds is 6. The first-order chi connectivity index (χ1) is 5.29. The fourth-order valence-electron chi connectivity index (χ4n) is 1.25. The van der Waals surface area contributed by atoms with Crippen LogP contribution in [0.2, 0.25) is 0 Å². The second kappa shape index (κ2) is 6.38. The molecule has 0 aromatic rings. The van der Waals surface area contributed by atoms with E-state index in [0.717, 1.165) is 12.8 Å². The van der Waals surface area contributed by atoms with Crippen LogP contribution in [0.25, 0.3) is 0 Å². The minimum atomic E-state index is 0.304. The van der Waals surface area contributed by atoms with Crippen molar-refractivity contribution in [1.82, 2.24) is 5.32 Å². The quantitative estimate of drug-likeness (QED) is 0.591. The Labute approximate surface area is 69.6 Å². The molecular formula is C9H19NO. The molecule has 1 N–H and O–H groups in total.